The molecule has 19 heavy (non-hydrogen) atoms. The molecule has 0 atom stereocenters. The van der Waals surface area contributed by atoms with Gasteiger partial charge in [0.05, 0.1) is 11.9 Å². The Morgan fingerprint density at radius 1 is 1.32 bits per heavy atom. The summed E-state index contributed by atoms with van der Waals surface area (Å²) < 4.78 is 0. The Hall–Kier alpha value is -2.23. The molecular formula is C15H18N4. The zero-order chi connectivity index (χ0) is 13.9. The normalized spacial score (nSPS) is 20.5. The number of nitrogens with one attached hydrogen (secondary N) is 1. The van der Waals surface area contributed by atoms with Gasteiger partial charge >= 0.3 is 0 Å². The fraction of sp³-hybridized carbons (Fsp3) is 0.267. The first-order valence-corrected chi connectivity index (χ1v) is 6.20. The van der Waals surface area contributed by atoms with Crippen LogP contribution in [0.3, 0.4) is 0 Å². The van der Waals surface area contributed by atoms with Crippen LogP contribution in [0.15, 0.2) is 59.8 Å². The topological polar surface area (TPSA) is 50.2 Å². The molecule has 0 radical (unpaired) electrons. The summed E-state index contributed by atoms with van der Waals surface area (Å²) in [4.78, 5) is 13.0. The van der Waals surface area contributed by atoms with Crippen molar-refractivity contribution >= 4 is 5.84 Å². The maximum atomic E-state index is 4.64. The highest BCUT2D eigenvalue weighted by Crippen LogP contribution is 2.36. The molecule has 0 saturated heterocycles. The van der Waals surface area contributed by atoms with Gasteiger partial charge in [0.25, 0.3) is 0 Å². The third-order valence-electron chi connectivity index (χ3n) is 3.15. The van der Waals surface area contributed by atoms with E-state index in [0.29, 0.717) is 11.5 Å². The predicted octanol–water partition coefficient (Wildman–Crippen LogP) is 2.83. The lowest BCUT2D eigenvalue weighted by atomic mass is 9.84. The van der Waals surface area contributed by atoms with Gasteiger partial charge in [-0.2, -0.15) is 0 Å². The van der Waals surface area contributed by atoms with Gasteiger partial charge < -0.3 is 5.32 Å². The second-order valence-corrected chi connectivity index (χ2v) is 4.86. The van der Waals surface area contributed by atoms with Gasteiger partial charge in [-0.25, -0.2) is 9.98 Å². The molecule has 2 heterocycles. The Bertz CT molecular complexity index is 565. The zero-order valence-electron chi connectivity index (χ0n) is 11.5. The first-order chi connectivity index (χ1) is 9.05. The number of hydrogen-bond donors (Lipinski definition) is 1. The molecule has 0 saturated carbocycles. The molecule has 0 fully saturated rings. The fourth-order valence-electron chi connectivity index (χ4n) is 1.72. The highest BCUT2D eigenvalue weighted by Gasteiger charge is 2.32. The van der Waals surface area contributed by atoms with Crippen molar-refractivity contribution in [2.24, 2.45) is 10.4 Å². The summed E-state index contributed by atoms with van der Waals surface area (Å²) in [6, 6.07) is 0. The van der Waals surface area contributed by atoms with E-state index in [2.05, 4.69) is 40.7 Å². The van der Waals surface area contributed by atoms with Gasteiger partial charge in [-0.3, -0.25) is 4.98 Å². The second kappa shape index (κ2) is 5.18. The summed E-state index contributed by atoms with van der Waals surface area (Å²) in [5.41, 5.74) is 2.35. The van der Waals surface area contributed by atoms with E-state index in [1.807, 2.05) is 25.2 Å². The first-order valence-electron chi connectivity index (χ1n) is 6.20. The summed E-state index contributed by atoms with van der Waals surface area (Å²) in [6.07, 6.45) is 10.9. The quantitative estimate of drug-likeness (QED) is 0.883. The van der Waals surface area contributed by atoms with Gasteiger partial charge in [0.1, 0.15) is 5.69 Å². The molecule has 98 valence electrons. The van der Waals surface area contributed by atoms with Gasteiger partial charge in [0.2, 0.25) is 0 Å². The summed E-state index contributed by atoms with van der Waals surface area (Å²) in [5.74, 6) is 0.688. The molecule has 4 heteroatoms. The number of aromatic nitrogens is 2. The molecule has 0 unspecified atom stereocenters. The van der Waals surface area contributed by atoms with E-state index in [1.54, 1.807) is 18.6 Å². The predicted molar refractivity (Wildman–Crippen MR) is 77.5 cm³/mol. The number of allylic oxidation sites excluding steroid dienone is 3. The van der Waals surface area contributed by atoms with Crippen molar-refractivity contribution in [3.8, 4) is 0 Å². The third-order valence-corrected chi connectivity index (χ3v) is 3.15. The number of hydrogen-bond acceptors (Lipinski definition) is 4. The van der Waals surface area contributed by atoms with Crippen LogP contribution in [0.1, 0.15) is 26.5 Å². The van der Waals surface area contributed by atoms with Crippen LogP contribution in [0.5, 0.6) is 0 Å². The molecule has 1 aliphatic heterocycles. The van der Waals surface area contributed by atoms with Gasteiger partial charge in [-0.05, 0) is 26.8 Å². The Kier molecular flexibility index (Phi) is 3.60. The van der Waals surface area contributed by atoms with E-state index in [1.165, 1.54) is 0 Å². The Labute approximate surface area is 113 Å². The van der Waals surface area contributed by atoms with Crippen molar-refractivity contribution in [2.45, 2.75) is 20.8 Å². The number of aliphatic imine (C=N–C) groups is 1. The molecular weight excluding hydrogens is 236 g/mol. The van der Waals surface area contributed by atoms with Crippen LogP contribution in [-0.2, 0) is 0 Å². The monoisotopic (exact) mass is 254 g/mol. The molecule has 0 aromatic carbocycles. The van der Waals surface area contributed by atoms with E-state index in [0.717, 1.165) is 11.4 Å². The number of nitrogens with zero attached hydrogens (tertiary/aromatic N) is 3. The highest BCUT2D eigenvalue weighted by molar-refractivity contribution is 5.99. The molecule has 0 spiro atoms. The van der Waals surface area contributed by atoms with E-state index < -0.39 is 0 Å². The van der Waals surface area contributed by atoms with Crippen molar-refractivity contribution < 1.29 is 0 Å². The van der Waals surface area contributed by atoms with Gasteiger partial charge in [-0.1, -0.05) is 18.7 Å². The average Bonchev–Trinajstić information content (AvgIpc) is 2.41. The zero-order valence-corrected chi connectivity index (χ0v) is 11.5. The van der Waals surface area contributed by atoms with Crippen LogP contribution in [-0.4, -0.2) is 15.8 Å². The van der Waals surface area contributed by atoms with Crippen LogP contribution < -0.4 is 5.32 Å². The number of amidine groups is 1. The van der Waals surface area contributed by atoms with Gasteiger partial charge in [0.15, 0.2) is 5.84 Å². The molecule has 1 aromatic heterocycles. The maximum absolute atomic E-state index is 4.64. The molecule has 1 aromatic rings. The van der Waals surface area contributed by atoms with Crippen LogP contribution >= 0.6 is 0 Å². The Morgan fingerprint density at radius 2 is 2.11 bits per heavy atom. The van der Waals surface area contributed by atoms with Crippen molar-refractivity contribution in [2.75, 3.05) is 0 Å². The minimum absolute atomic E-state index is 0.217. The lowest BCUT2D eigenvalue weighted by Gasteiger charge is -2.33. The van der Waals surface area contributed by atoms with Crippen LogP contribution in [0.25, 0.3) is 0 Å². The minimum Gasteiger partial charge on any atom is -0.342 e. The molecule has 1 N–H and O–H groups in total. The third kappa shape index (κ3) is 2.62. The van der Waals surface area contributed by atoms with E-state index in [-0.39, 0.29) is 5.41 Å². The van der Waals surface area contributed by atoms with E-state index in [9.17, 15) is 0 Å². The van der Waals surface area contributed by atoms with Crippen molar-refractivity contribution in [1.29, 1.82) is 0 Å². The fourth-order valence-corrected chi connectivity index (χ4v) is 1.72. The molecule has 1 aliphatic rings. The van der Waals surface area contributed by atoms with Gasteiger partial charge in [0, 0.05) is 23.5 Å². The molecule has 0 amide bonds. The van der Waals surface area contributed by atoms with Crippen LogP contribution in [0, 0.1) is 5.41 Å². The lowest BCUT2D eigenvalue weighted by molar-refractivity contribution is 0.499. The molecule has 0 aliphatic carbocycles. The van der Waals surface area contributed by atoms with E-state index >= 15 is 0 Å². The summed E-state index contributed by atoms with van der Waals surface area (Å²) in [5, 5.41) is 3.22. The summed E-state index contributed by atoms with van der Waals surface area (Å²) >= 11 is 0. The van der Waals surface area contributed by atoms with E-state index in [4.69, 9.17) is 0 Å². The van der Waals surface area contributed by atoms with Crippen LogP contribution in [0.4, 0.5) is 0 Å². The SMILES string of the molecule is C=C1NC(c2cnccn2)=N/C(=C/C=CC)C1(C)C. The first kappa shape index (κ1) is 13.2. The average molecular weight is 254 g/mol. The molecule has 2 rings (SSSR count). The second-order valence-electron chi connectivity index (χ2n) is 4.86. The lowest BCUT2D eigenvalue weighted by Crippen LogP contribution is -2.38. The summed E-state index contributed by atoms with van der Waals surface area (Å²) in [7, 11) is 0. The largest absolute Gasteiger partial charge is 0.342 e. The maximum Gasteiger partial charge on any atom is 0.158 e. The summed E-state index contributed by atoms with van der Waals surface area (Å²) in [6.45, 7) is 10.3. The van der Waals surface area contributed by atoms with Crippen LogP contribution in [0.2, 0.25) is 0 Å². The molecule has 4 nitrogen and oxygen atoms in total. The number of rotatable bonds is 2. The standard InChI is InChI=1S/C15H18N4/c1-5-6-7-13-15(3,4)11(2)18-14(19-13)12-10-16-8-9-17-12/h5-10H,2H2,1,3-4H3,(H,18,19)/b6-5?,13-7+. The molecule has 0 bridgehead atoms. The minimum atomic E-state index is -0.217. The van der Waals surface area contributed by atoms with Gasteiger partial charge in [-0.15, -0.1) is 0 Å². The van der Waals surface area contributed by atoms with Crippen molar-refractivity contribution in [3.05, 3.63) is 60.5 Å². The highest BCUT2D eigenvalue weighted by atomic mass is 15.1. The Morgan fingerprint density at radius 3 is 2.74 bits per heavy atom. The Balaban J connectivity index is 2.48. The van der Waals surface area contributed by atoms with Crippen molar-refractivity contribution in [1.82, 2.24) is 15.3 Å². The van der Waals surface area contributed by atoms with Crippen molar-refractivity contribution in [3.63, 3.8) is 0 Å². The smallest absolute Gasteiger partial charge is 0.158 e.